The second kappa shape index (κ2) is 5.31. The molecular formula is C14H19N3O. The van der Waals surface area contributed by atoms with Gasteiger partial charge in [-0.1, -0.05) is 5.16 Å². The summed E-state index contributed by atoms with van der Waals surface area (Å²) >= 11 is 0. The molecule has 0 aliphatic rings. The van der Waals surface area contributed by atoms with Crippen molar-refractivity contribution < 1.29 is 4.52 Å². The smallest absolute Gasteiger partial charge is 0.138 e. The zero-order valence-electron chi connectivity index (χ0n) is 11.3. The van der Waals surface area contributed by atoms with Crippen LogP contribution in [0.1, 0.15) is 48.5 Å². The molecule has 0 saturated carbocycles. The van der Waals surface area contributed by atoms with Gasteiger partial charge in [0.25, 0.3) is 0 Å². The number of rotatable bonds is 4. The monoisotopic (exact) mass is 245 g/mol. The van der Waals surface area contributed by atoms with Gasteiger partial charge in [0.15, 0.2) is 0 Å². The molecule has 0 fully saturated rings. The molecule has 0 radical (unpaired) electrons. The first-order valence-electron chi connectivity index (χ1n) is 6.18. The first-order chi connectivity index (χ1) is 8.59. The average molecular weight is 245 g/mol. The molecule has 2 rings (SSSR count). The lowest BCUT2D eigenvalue weighted by molar-refractivity contribution is 0.389. The van der Waals surface area contributed by atoms with Crippen molar-refractivity contribution in [3.63, 3.8) is 0 Å². The fraction of sp³-hybridized carbons (Fsp3) is 0.429. The van der Waals surface area contributed by atoms with Gasteiger partial charge >= 0.3 is 0 Å². The van der Waals surface area contributed by atoms with Gasteiger partial charge in [-0.15, -0.1) is 0 Å². The Morgan fingerprint density at radius 1 is 1.11 bits per heavy atom. The van der Waals surface area contributed by atoms with Crippen molar-refractivity contribution in [1.29, 1.82) is 0 Å². The minimum atomic E-state index is 0.208. The van der Waals surface area contributed by atoms with Crippen LogP contribution in [-0.4, -0.2) is 10.1 Å². The van der Waals surface area contributed by atoms with Crippen LogP contribution in [0.5, 0.6) is 0 Å². The Morgan fingerprint density at radius 3 is 2.33 bits per heavy atom. The highest BCUT2D eigenvalue weighted by atomic mass is 16.5. The number of nitrogens with zero attached hydrogens (tertiary/aromatic N) is 2. The summed E-state index contributed by atoms with van der Waals surface area (Å²) < 4.78 is 5.20. The third-order valence-electron chi connectivity index (χ3n) is 3.23. The van der Waals surface area contributed by atoms with E-state index in [1.807, 2.05) is 38.4 Å². The van der Waals surface area contributed by atoms with Gasteiger partial charge in [-0.05, 0) is 45.4 Å². The Hall–Kier alpha value is -1.68. The molecule has 0 saturated heterocycles. The summed E-state index contributed by atoms with van der Waals surface area (Å²) in [6, 6.07) is 4.52. The maximum atomic E-state index is 5.20. The Labute approximate surface area is 107 Å². The van der Waals surface area contributed by atoms with E-state index >= 15 is 0 Å². The summed E-state index contributed by atoms with van der Waals surface area (Å²) in [5.74, 6) is 0.884. The molecular weight excluding hydrogens is 226 g/mol. The molecule has 2 aromatic rings. The van der Waals surface area contributed by atoms with Crippen molar-refractivity contribution in [1.82, 2.24) is 15.5 Å². The third kappa shape index (κ3) is 2.59. The van der Waals surface area contributed by atoms with Crippen molar-refractivity contribution in [2.75, 3.05) is 0 Å². The van der Waals surface area contributed by atoms with E-state index in [1.54, 1.807) is 0 Å². The lowest BCUT2D eigenvalue weighted by Gasteiger charge is -2.20. The number of aromatic nitrogens is 2. The average Bonchev–Trinajstić information content (AvgIpc) is 2.70. The van der Waals surface area contributed by atoms with Crippen LogP contribution in [-0.2, 0) is 0 Å². The fourth-order valence-corrected chi connectivity index (χ4v) is 2.31. The summed E-state index contributed by atoms with van der Waals surface area (Å²) in [7, 11) is 0. The quantitative estimate of drug-likeness (QED) is 0.899. The highest BCUT2D eigenvalue weighted by Crippen LogP contribution is 2.24. The van der Waals surface area contributed by atoms with E-state index in [1.165, 1.54) is 5.56 Å². The number of nitrogens with one attached hydrogen (secondary N) is 1. The molecule has 0 bridgehead atoms. The summed E-state index contributed by atoms with van der Waals surface area (Å²) in [6.07, 6.45) is 3.63. The zero-order chi connectivity index (χ0) is 13.1. The second-order valence-corrected chi connectivity index (χ2v) is 4.63. The largest absolute Gasteiger partial charge is 0.361 e. The third-order valence-corrected chi connectivity index (χ3v) is 3.23. The van der Waals surface area contributed by atoms with Crippen molar-refractivity contribution in [2.24, 2.45) is 0 Å². The van der Waals surface area contributed by atoms with Crippen LogP contribution >= 0.6 is 0 Å². The first-order valence-corrected chi connectivity index (χ1v) is 6.18. The molecule has 18 heavy (non-hydrogen) atoms. The number of hydrogen-bond acceptors (Lipinski definition) is 4. The Balaban J connectivity index is 2.11. The van der Waals surface area contributed by atoms with Crippen LogP contribution in [0.15, 0.2) is 29.0 Å². The van der Waals surface area contributed by atoms with Crippen molar-refractivity contribution in [2.45, 2.75) is 39.8 Å². The summed E-state index contributed by atoms with van der Waals surface area (Å²) in [5.41, 5.74) is 3.33. The molecule has 0 aliphatic carbocycles. The first kappa shape index (κ1) is 12.8. The van der Waals surface area contributed by atoms with E-state index in [2.05, 4.69) is 29.3 Å². The van der Waals surface area contributed by atoms with E-state index in [4.69, 9.17) is 4.52 Å². The van der Waals surface area contributed by atoms with Gasteiger partial charge in [-0.2, -0.15) is 0 Å². The van der Waals surface area contributed by atoms with E-state index < -0.39 is 0 Å². The molecule has 4 nitrogen and oxygen atoms in total. The predicted octanol–water partition coefficient (Wildman–Crippen LogP) is 3.10. The Kier molecular flexibility index (Phi) is 3.77. The van der Waals surface area contributed by atoms with Crippen LogP contribution in [0, 0.1) is 13.8 Å². The summed E-state index contributed by atoms with van der Waals surface area (Å²) in [6.45, 7) is 8.19. The predicted molar refractivity (Wildman–Crippen MR) is 70.2 cm³/mol. The van der Waals surface area contributed by atoms with E-state index in [-0.39, 0.29) is 12.1 Å². The molecule has 4 heteroatoms. The summed E-state index contributed by atoms with van der Waals surface area (Å²) in [5, 5.41) is 7.54. The van der Waals surface area contributed by atoms with Crippen LogP contribution in [0.25, 0.3) is 0 Å². The van der Waals surface area contributed by atoms with Gasteiger partial charge in [0, 0.05) is 30.0 Å². The van der Waals surface area contributed by atoms with Crippen molar-refractivity contribution in [3.8, 4) is 0 Å². The van der Waals surface area contributed by atoms with Crippen LogP contribution in [0.2, 0.25) is 0 Å². The van der Waals surface area contributed by atoms with Gasteiger partial charge < -0.3 is 9.84 Å². The van der Waals surface area contributed by atoms with Crippen molar-refractivity contribution in [3.05, 3.63) is 47.1 Å². The highest BCUT2D eigenvalue weighted by molar-refractivity contribution is 5.25. The standard InChI is InChI=1S/C14H19N3O/c1-9(13-5-7-15-8-6-13)16-10(2)14-11(3)17-18-12(14)4/h5-10,16H,1-4H3. The molecule has 2 atom stereocenters. The van der Waals surface area contributed by atoms with Gasteiger partial charge in [0.1, 0.15) is 5.76 Å². The normalized spacial score (nSPS) is 14.4. The molecule has 0 spiro atoms. The molecule has 0 aromatic carbocycles. The topological polar surface area (TPSA) is 51.0 Å². The SMILES string of the molecule is Cc1noc(C)c1C(C)NC(C)c1ccncc1. The number of aryl methyl sites for hydroxylation is 2. The van der Waals surface area contributed by atoms with Gasteiger partial charge in [-0.25, -0.2) is 0 Å². The van der Waals surface area contributed by atoms with Gasteiger partial charge in [0.2, 0.25) is 0 Å². The second-order valence-electron chi connectivity index (χ2n) is 4.63. The van der Waals surface area contributed by atoms with E-state index in [0.717, 1.165) is 17.0 Å². The molecule has 0 amide bonds. The minimum absolute atomic E-state index is 0.208. The van der Waals surface area contributed by atoms with Crippen LogP contribution < -0.4 is 5.32 Å². The number of pyridine rings is 1. The maximum absolute atomic E-state index is 5.20. The Morgan fingerprint density at radius 2 is 1.78 bits per heavy atom. The van der Waals surface area contributed by atoms with Gasteiger partial charge in [0.05, 0.1) is 5.69 Å². The summed E-state index contributed by atoms with van der Waals surface area (Å²) in [4.78, 5) is 4.03. The molecule has 0 aliphatic heterocycles. The maximum Gasteiger partial charge on any atom is 0.138 e. The minimum Gasteiger partial charge on any atom is -0.361 e. The highest BCUT2D eigenvalue weighted by Gasteiger charge is 2.18. The van der Waals surface area contributed by atoms with Crippen molar-refractivity contribution >= 4 is 0 Å². The van der Waals surface area contributed by atoms with E-state index in [9.17, 15) is 0 Å². The Bertz CT molecular complexity index is 488. The molecule has 2 heterocycles. The molecule has 1 N–H and O–H groups in total. The van der Waals surface area contributed by atoms with Crippen LogP contribution in [0.3, 0.4) is 0 Å². The lowest BCUT2D eigenvalue weighted by atomic mass is 10.0. The molecule has 2 aromatic heterocycles. The molecule has 2 unspecified atom stereocenters. The van der Waals surface area contributed by atoms with E-state index in [0.29, 0.717) is 0 Å². The molecule has 96 valence electrons. The lowest BCUT2D eigenvalue weighted by Crippen LogP contribution is -2.23. The van der Waals surface area contributed by atoms with Crippen LogP contribution in [0.4, 0.5) is 0 Å². The zero-order valence-corrected chi connectivity index (χ0v) is 11.3. The number of hydrogen-bond donors (Lipinski definition) is 1. The fourth-order valence-electron chi connectivity index (χ4n) is 2.31. The van der Waals surface area contributed by atoms with Gasteiger partial charge in [-0.3, -0.25) is 4.98 Å².